The summed E-state index contributed by atoms with van der Waals surface area (Å²) in [6, 6.07) is 11.3. The molecule has 4 aromatic rings. The number of ether oxygens (including phenoxy) is 2. The summed E-state index contributed by atoms with van der Waals surface area (Å²) in [4.78, 5) is 20.1. The summed E-state index contributed by atoms with van der Waals surface area (Å²) in [5.41, 5.74) is 2.96. The highest BCUT2D eigenvalue weighted by Gasteiger charge is 2.26. The number of pyridine rings is 1. The summed E-state index contributed by atoms with van der Waals surface area (Å²) in [5.74, 6) is 0.826. The number of likely N-dealkylation sites (tertiary alicyclic amines) is 1. The highest BCUT2D eigenvalue weighted by Crippen LogP contribution is 2.24. The minimum absolute atomic E-state index is 0.00549. The van der Waals surface area contributed by atoms with Crippen LogP contribution in [0.1, 0.15) is 42.0 Å². The molecule has 1 aromatic carbocycles. The second-order valence-corrected chi connectivity index (χ2v) is 10.4. The predicted molar refractivity (Wildman–Crippen MR) is 142 cm³/mol. The number of aromatic nitrogens is 5. The van der Waals surface area contributed by atoms with Crippen molar-refractivity contribution in [2.45, 2.75) is 51.0 Å². The van der Waals surface area contributed by atoms with Crippen LogP contribution in [0.25, 0.3) is 11.2 Å². The largest absolute Gasteiger partial charge is 0.472 e. The van der Waals surface area contributed by atoms with Gasteiger partial charge in [0.2, 0.25) is 5.82 Å². The van der Waals surface area contributed by atoms with Crippen molar-refractivity contribution in [1.82, 2.24) is 29.4 Å². The third-order valence-electron chi connectivity index (χ3n) is 7.19. The Hall–Kier alpha value is -3.65. The number of hydrogen-bond acceptors (Lipinski definition) is 8. The summed E-state index contributed by atoms with van der Waals surface area (Å²) in [5, 5.41) is 9.92. The normalized spacial score (nSPS) is 18.1. The molecule has 2 aliphatic rings. The van der Waals surface area contributed by atoms with Crippen LogP contribution in [0, 0.1) is 17.1 Å². The van der Waals surface area contributed by atoms with Gasteiger partial charge in [-0.1, -0.05) is 23.7 Å². The fourth-order valence-corrected chi connectivity index (χ4v) is 5.07. The molecule has 0 bridgehead atoms. The Balaban J connectivity index is 1.10. The maximum atomic E-state index is 14.5. The molecule has 3 aromatic heterocycles. The first-order chi connectivity index (χ1) is 19.0. The first-order valence-corrected chi connectivity index (χ1v) is 13.4. The van der Waals surface area contributed by atoms with Crippen molar-refractivity contribution in [2.75, 3.05) is 19.7 Å². The van der Waals surface area contributed by atoms with Crippen LogP contribution in [0.4, 0.5) is 4.39 Å². The molecule has 2 saturated heterocycles. The average molecular weight is 548 g/mol. The number of fused-ring (bicyclic) bond motifs is 1. The lowest BCUT2D eigenvalue weighted by atomic mass is 10.1. The first kappa shape index (κ1) is 25.6. The zero-order valence-electron chi connectivity index (χ0n) is 21.3. The van der Waals surface area contributed by atoms with Gasteiger partial charge in [0.15, 0.2) is 5.65 Å². The fourth-order valence-electron chi connectivity index (χ4n) is 4.95. The smallest absolute Gasteiger partial charge is 0.254 e. The van der Waals surface area contributed by atoms with Gasteiger partial charge in [0.05, 0.1) is 31.0 Å². The quantitative estimate of drug-likeness (QED) is 0.321. The number of piperidine rings is 1. The lowest BCUT2D eigenvalue weighted by Crippen LogP contribution is -2.39. The van der Waals surface area contributed by atoms with E-state index in [9.17, 15) is 9.65 Å². The van der Waals surface area contributed by atoms with E-state index in [0.29, 0.717) is 35.9 Å². The predicted octanol–water partition coefficient (Wildman–Crippen LogP) is 4.31. The van der Waals surface area contributed by atoms with Gasteiger partial charge in [0.25, 0.3) is 5.88 Å². The molecule has 0 radical (unpaired) electrons. The molecule has 1 unspecified atom stereocenters. The Morgan fingerprint density at radius 3 is 2.62 bits per heavy atom. The van der Waals surface area contributed by atoms with Gasteiger partial charge in [-0.05, 0) is 43.0 Å². The molecule has 9 nitrogen and oxygen atoms in total. The van der Waals surface area contributed by atoms with E-state index in [1.165, 1.54) is 6.20 Å². The average Bonchev–Trinajstić information content (AvgIpc) is 3.26. The Morgan fingerprint density at radius 1 is 1.10 bits per heavy atom. The molecule has 39 heavy (non-hydrogen) atoms. The second kappa shape index (κ2) is 11.2. The standard InChI is InChI=1S/C28H27ClFN7O2/c29-20-3-1-18(2-4-20)12-25-32-15-23(30)28(35-25)39-21-5-8-36(9-6-21)17-26-34-24-11-19(13-31)14-33-27(24)37(26)16-22-7-10-38-22/h1-4,11,14-15,21-22H,5-10,12,16-17H2. The van der Waals surface area contributed by atoms with E-state index < -0.39 is 5.82 Å². The SMILES string of the molecule is N#Cc1cnc2c(c1)nc(CN1CCC(Oc3nc(Cc4ccc(Cl)cc4)ncc3F)CC1)n2CC1CCO1. The van der Waals surface area contributed by atoms with Crippen LogP contribution in [-0.2, 0) is 24.2 Å². The molecular formula is C28H27ClFN7O2. The number of rotatable bonds is 8. The van der Waals surface area contributed by atoms with E-state index in [1.807, 2.05) is 24.3 Å². The van der Waals surface area contributed by atoms with Crippen molar-refractivity contribution in [3.8, 4) is 11.9 Å². The van der Waals surface area contributed by atoms with Gasteiger partial charge in [-0.2, -0.15) is 14.6 Å². The zero-order valence-corrected chi connectivity index (χ0v) is 22.0. The summed E-state index contributed by atoms with van der Waals surface area (Å²) < 4.78 is 28.3. The third-order valence-corrected chi connectivity index (χ3v) is 7.44. The molecule has 0 spiro atoms. The molecule has 0 N–H and O–H groups in total. The molecular weight excluding hydrogens is 521 g/mol. The lowest BCUT2D eigenvalue weighted by molar-refractivity contribution is -0.0593. The number of nitriles is 1. The molecule has 1 atom stereocenters. The van der Waals surface area contributed by atoms with Gasteiger partial charge in [-0.15, -0.1) is 0 Å². The van der Waals surface area contributed by atoms with E-state index in [4.69, 9.17) is 26.1 Å². The molecule has 0 saturated carbocycles. The molecule has 5 heterocycles. The fraction of sp³-hybridized carbons (Fsp3) is 0.393. The molecule has 2 aliphatic heterocycles. The molecule has 2 fully saturated rings. The minimum atomic E-state index is -0.562. The number of benzene rings is 1. The van der Waals surface area contributed by atoms with E-state index in [0.717, 1.165) is 61.5 Å². The minimum Gasteiger partial charge on any atom is -0.472 e. The maximum Gasteiger partial charge on any atom is 0.254 e. The number of hydrogen-bond donors (Lipinski definition) is 0. The highest BCUT2D eigenvalue weighted by molar-refractivity contribution is 6.30. The zero-order chi connectivity index (χ0) is 26.8. The van der Waals surface area contributed by atoms with E-state index in [1.54, 1.807) is 12.3 Å². The molecule has 0 aliphatic carbocycles. The maximum absolute atomic E-state index is 14.5. The summed E-state index contributed by atoms with van der Waals surface area (Å²) in [7, 11) is 0. The van der Waals surface area contributed by atoms with Crippen molar-refractivity contribution in [3.63, 3.8) is 0 Å². The number of imidazole rings is 1. The molecule has 0 amide bonds. The van der Waals surface area contributed by atoms with Crippen molar-refractivity contribution >= 4 is 22.8 Å². The van der Waals surface area contributed by atoms with Gasteiger partial charge in [-0.25, -0.2) is 15.0 Å². The van der Waals surface area contributed by atoms with Crippen LogP contribution in [0.5, 0.6) is 5.88 Å². The van der Waals surface area contributed by atoms with Crippen LogP contribution >= 0.6 is 11.6 Å². The van der Waals surface area contributed by atoms with Crippen LogP contribution in [0.2, 0.25) is 5.02 Å². The summed E-state index contributed by atoms with van der Waals surface area (Å²) in [6.45, 7) is 3.66. The highest BCUT2D eigenvalue weighted by atomic mass is 35.5. The van der Waals surface area contributed by atoms with Crippen LogP contribution < -0.4 is 4.74 Å². The molecule has 6 rings (SSSR count). The van der Waals surface area contributed by atoms with E-state index >= 15 is 0 Å². The van der Waals surface area contributed by atoms with Gasteiger partial charge in [-0.3, -0.25) is 4.90 Å². The van der Waals surface area contributed by atoms with Crippen molar-refractivity contribution < 1.29 is 13.9 Å². The van der Waals surface area contributed by atoms with Gasteiger partial charge < -0.3 is 14.0 Å². The van der Waals surface area contributed by atoms with Crippen molar-refractivity contribution in [1.29, 1.82) is 5.26 Å². The van der Waals surface area contributed by atoms with Crippen LogP contribution in [0.3, 0.4) is 0 Å². The first-order valence-electron chi connectivity index (χ1n) is 13.1. The Bertz CT molecular complexity index is 1510. The Morgan fingerprint density at radius 2 is 1.90 bits per heavy atom. The molecule has 200 valence electrons. The lowest BCUT2D eigenvalue weighted by Gasteiger charge is -2.32. The summed E-state index contributed by atoms with van der Waals surface area (Å²) >= 11 is 5.96. The van der Waals surface area contributed by atoms with Gasteiger partial charge >= 0.3 is 0 Å². The van der Waals surface area contributed by atoms with Gasteiger partial charge in [0.1, 0.15) is 29.3 Å². The number of halogens is 2. The molecule has 11 heteroatoms. The van der Waals surface area contributed by atoms with E-state index in [-0.39, 0.29) is 18.1 Å². The van der Waals surface area contributed by atoms with Crippen molar-refractivity contribution in [3.05, 3.63) is 76.3 Å². The monoisotopic (exact) mass is 547 g/mol. The second-order valence-electron chi connectivity index (χ2n) is 9.93. The topological polar surface area (TPSA) is 102 Å². The van der Waals surface area contributed by atoms with E-state index in [2.05, 4.69) is 30.5 Å². The van der Waals surface area contributed by atoms with Crippen molar-refractivity contribution in [2.24, 2.45) is 0 Å². The van der Waals surface area contributed by atoms with Gasteiger partial charge in [0, 0.05) is 37.3 Å². The third kappa shape index (κ3) is 5.86. The summed E-state index contributed by atoms with van der Waals surface area (Å²) in [6.07, 6.45) is 5.72. The Labute approximate surface area is 230 Å². The van der Waals surface area contributed by atoms with Crippen LogP contribution in [0.15, 0.2) is 42.7 Å². The Kier molecular flexibility index (Phi) is 7.37. The number of nitrogens with zero attached hydrogens (tertiary/aromatic N) is 7. The van der Waals surface area contributed by atoms with Crippen LogP contribution in [-0.4, -0.2) is 61.3 Å².